The van der Waals surface area contributed by atoms with Crippen molar-refractivity contribution in [1.29, 1.82) is 0 Å². The van der Waals surface area contributed by atoms with Crippen LogP contribution in [0.3, 0.4) is 0 Å². The maximum Gasteiger partial charge on any atom is 0.243 e. The van der Waals surface area contributed by atoms with E-state index in [4.69, 9.17) is 0 Å². The third-order valence-electron chi connectivity index (χ3n) is 1.28. The third-order valence-corrected chi connectivity index (χ3v) is 1.28. The first-order chi connectivity index (χ1) is 4.68. The number of nitrogens with zero attached hydrogens (tertiary/aromatic N) is 2. The molecule has 1 aromatic rings. The van der Waals surface area contributed by atoms with Crippen molar-refractivity contribution in [1.82, 2.24) is 4.57 Å². The van der Waals surface area contributed by atoms with Crippen LogP contribution >= 0.6 is 0 Å². The molecule has 0 aliphatic heterocycles. The van der Waals surface area contributed by atoms with Gasteiger partial charge >= 0.3 is 0 Å². The molecule has 0 saturated heterocycles. The van der Waals surface area contributed by atoms with E-state index in [1.807, 2.05) is 37.3 Å². The molecule has 2 nitrogen and oxygen atoms in total. The second kappa shape index (κ2) is 4.19. The van der Waals surface area contributed by atoms with Crippen LogP contribution in [0.2, 0.25) is 0 Å². The molecule has 0 saturated carbocycles. The van der Waals surface area contributed by atoms with E-state index >= 15 is 0 Å². The van der Waals surface area contributed by atoms with Gasteiger partial charge in [-0.3, -0.25) is 0 Å². The van der Waals surface area contributed by atoms with Gasteiger partial charge in [-0.2, -0.15) is 0 Å². The highest BCUT2D eigenvalue weighted by Crippen LogP contribution is 1.85. The minimum absolute atomic E-state index is 0. The van der Waals surface area contributed by atoms with Crippen LogP contribution in [-0.4, -0.2) is 4.57 Å². The molecule has 3 heteroatoms. The summed E-state index contributed by atoms with van der Waals surface area (Å²) in [5.74, 6) is 0. The Labute approximate surface area is 73.6 Å². The Kier molecular flexibility index (Phi) is 3.90. The largest absolute Gasteiger partial charge is 1.00 e. The fraction of sp³-hybridized carbons (Fsp3) is 0.375. The maximum atomic E-state index is 3.83. The van der Waals surface area contributed by atoms with Crippen molar-refractivity contribution in [2.75, 3.05) is 0 Å². The Morgan fingerprint density at radius 1 is 1.64 bits per heavy atom. The summed E-state index contributed by atoms with van der Waals surface area (Å²) in [6, 6.07) is 0. The summed E-state index contributed by atoms with van der Waals surface area (Å²) in [5, 5.41) is 0. The minimum Gasteiger partial charge on any atom is -1.00 e. The Bertz CT molecular complexity index is 240. The molecule has 0 spiro atoms. The molecular weight excluding hydrogens is 160 g/mol. The number of hydrogen-bond acceptors (Lipinski definition) is 0. The monoisotopic (exact) mass is 172 g/mol. The first-order valence-corrected chi connectivity index (χ1v) is 3.34. The number of halogens is 1. The van der Waals surface area contributed by atoms with Crippen LogP contribution in [0.15, 0.2) is 30.9 Å². The summed E-state index contributed by atoms with van der Waals surface area (Å²) in [6.45, 7) is 6.77. The van der Waals surface area contributed by atoms with Gasteiger partial charge in [0.2, 0.25) is 6.33 Å². The SMILES string of the molecule is C=C(C)C[n+]1ccn(C)c1.[Cl-]. The Morgan fingerprint density at radius 2 is 2.27 bits per heavy atom. The highest BCUT2D eigenvalue weighted by Gasteiger charge is 1.97. The standard InChI is InChI=1S/C8H13N2.ClH/c1-8(2)6-10-5-4-9(3)7-10;/h4-5,7H,1,6H2,2-3H3;1H/q+1;/p-1. The van der Waals surface area contributed by atoms with Crippen LogP contribution in [0.4, 0.5) is 0 Å². The molecule has 1 aromatic heterocycles. The zero-order valence-corrected chi connectivity index (χ0v) is 7.67. The van der Waals surface area contributed by atoms with Crippen molar-refractivity contribution in [3.63, 3.8) is 0 Å². The van der Waals surface area contributed by atoms with Gasteiger partial charge in [-0.25, -0.2) is 9.13 Å². The van der Waals surface area contributed by atoms with Crippen molar-refractivity contribution in [3.8, 4) is 0 Å². The first-order valence-electron chi connectivity index (χ1n) is 3.34. The van der Waals surface area contributed by atoms with E-state index in [2.05, 4.69) is 11.1 Å². The van der Waals surface area contributed by atoms with Gasteiger partial charge in [-0.1, -0.05) is 6.58 Å². The second-order valence-electron chi connectivity index (χ2n) is 2.71. The molecular formula is C8H13ClN2. The molecule has 0 N–H and O–H groups in total. The molecule has 0 radical (unpaired) electrons. The summed E-state index contributed by atoms with van der Waals surface area (Å²) < 4.78 is 4.12. The van der Waals surface area contributed by atoms with Crippen molar-refractivity contribution in [2.24, 2.45) is 7.05 Å². The summed E-state index contributed by atoms with van der Waals surface area (Å²) >= 11 is 0. The van der Waals surface area contributed by atoms with Gasteiger partial charge in [-0.15, -0.1) is 0 Å². The predicted octanol–water partition coefficient (Wildman–Crippen LogP) is -2.11. The summed E-state index contributed by atoms with van der Waals surface area (Å²) in [7, 11) is 2.01. The molecule has 11 heavy (non-hydrogen) atoms. The topological polar surface area (TPSA) is 8.81 Å². The van der Waals surface area contributed by atoms with Crippen molar-refractivity contribution >= 4 is 0 Å². The van der Waals surface area contributed by atoms with Crippen LogP contribution in [-0.2, 0) is 13.6 Å². The molecule has 1 heterocycles. The van der Waals surface area contributed by atoms with Gasteiger partial charge in [0.05, 0.1) is 7.05 Å². The number of aryl methyl sites for hydroxylation is 1. The maximum absolute atomic E-state index is 3.83. The molecule has 0 aliphatic rings. The van der Waals surface area contributed by atoms with E-state index in [9.17, 15) is 0 Å². The van der Waals surface area contributed by atoms with Crippen LogP contribution in [0, 0.1) is 0 Å². The van der Waals surface area contributed by atoms with Gasteiger partial charge in [0, 0.05) is 0 Å². The zero-order valence-electron chi connectivity index (χ0n) is 6.92. The highest BCUT2D eigenvalue weighted by molar-refractivity contribution is 4.83. The average molecular weight is 173 g/mol. The first kappa shape index (κ1) is 10.2. The molecule has 0 fully saturated rings. The number of allylic oxidation sites excluding steroid dienone is 1. The normalized spacial score (nSPS) is 8.91. The lowest BCUT2D eigenvalue weighted by Gasteiger charge is -1.91. The number of imidazole rings is 1. The van der Waals surface area contributed by atoms with Crippen LogP contribution < -0.4 is 17.0 Å². The minimum atomic E-state index is 0. The van der Waals surface area contributed by atoms with Gasteiger partial charge in [-0.05, 0) is 12.5 Å². The van der Waals surface area contributed by atoms with Gasteiger partial charge in [0.1, 0.15) is 18.9 Å². The molecule has 62 valence electrons. The van der Waals surface area contributed by atoms with E-state index in [1.165, 1.54) is 5.57 Å². The van der Waals surface area contributed by atoms with E-state index in [0.29, 0.717) is 0 Å². The fourth-order valence-electron chi connectivity index (χ4n) is 0.907. The second-order valence-corrected chi connectivity index (χ2v) is 2.71. The lowest BCUT2D eigenvalue weighted by Crippen LogP contribution is -3.00. The molecule has 0 aromatic carbocycles. The summed E-state index contributed by atoms with van der Waals surface area (Å²) in [4.78, 5) is 0. The number of rotatable bonds is 2. The number of aromatic nitrogens is 2. The van der Waals surface area contributed by atoms with Crippen LogP contribution in [0.5, 0.6) is 0 Å². The van der Waals surface area contributed by atoms with Crippen molar-refractivity contribution < 1.29 is 17.0 Å². The average Bonchev–Trinajstić information content (AvgIpc) is 2.13. The Balaban J connectivity index is 0.000001000. The van der Waals surface area contributed by atoms with Gasteiger partial charge < -0.3 is 12.4 Å². The summed E-state index contributed by atoms with van der Waals surface area (Å²) in [5.41, 5.74) is 1.18. The fourth-order valence-corrected chi connectivity index (χ4v) is 0.907. The molecule has 0 aliphatic carbocycles. The molecule has 0 unspecified atom stereocenters. The molecule has 0 amide bonds. The zero-order chi connectivity index (χ0) is 7.56. The van der Waals surface area contributed by atoms with Crippen LogP contribution in [0.1, 0.15) is 6.92 Å². The van der Waals surface area contributed by atoms with E-state index in [-0.39, 0.29) is 12.4 Å². The molecule has 0 atom stereocenters. The smallest absolute Gasteiger partial charge is 0.243 e. The quantitative estimate of drug-likeness (QED) is 0.357. The lowest BCUT2D eigenvalue weighted by molar-refractivity contribution is -0.688. The highest BCUT2D eigenvalue weighted by atomic mass is 35.5. The molecule has 1 rings (SSSR count). The van der Waals surface area contributed by atoms with E-state index in [0.717, 1.165) is 6.54 Å². The number of hydrogen-bond donors (Lipinski definition) is 0. The van der Waals surface area contributed by atoms with Crippen LogP contribution in [0.25, 0.3) is 0 Å². The predicted molar refractivity (Wildman–Crippen MR) is 40.4 cm³/mol. The van der Waals surface area contributed by atoms with E-state index < -0.39 is 0 Å². The summed E-state index contributed by atoms with van der Waals surface area (Å²) in [6.07, 6.45) is 6.09. The van der Waals surface area contributed by atoms with Crippen molar-refractivity contribution in [3.05, 3.63) is 30.9 Å². The Hall–Kier alpha value is -0.760. The molecule has 0 bridgehead atoms. The van der Waals surface area contributed by atoms with Gasteiger partial charge in [0.25, 0.3) is 0 Å². The van der Waals surface area contributed by atoms with Crippen molar-refractivity contribution in [2.45, 2.75) is 13.5 Å². The van der Waals surface area contributed by atoms with E-state index in [1.54, 1.807) is 0 Å². The Morgan fingerprint density at radius 3 is 2.64 bits per heavy atom. The third kappa shape index (κ3) is 3.23. The lowest BCUT2D eigenvalue weighted by atomic mass is 10.3. The van der Waals surface area contributed by atoms with Gasteiger partial charge in [0.15, 0.2) is 0 Å².